The van der Waals surface area contributed by atoms with E-state index in [4.69, 9.17) is 28.3 Å². The second kappa shape index (κ2) is 3.88. The van der Waals surface area contributed by atoms with Crippen LogP contribution in [0.15, 0.2) is 18.2 Å². The van der Waals surface area contributed by atoms with Gasteiger partial charge in [-0.15, -0.1) is 0 Å². The molecule has 0 atom stereocenters. The second-order valence-corrected chi connectivity index (χ2v) is 3.83. The molecule has 1 N–H and O–H groups in total. The van der Waals surface area contributed by atoms with Crippen LogP contribution in [0.25, 0.3) is 10.9 Å². The smallest absolute Gasteiger partial charge is 0.338 e. The Morgan fingerprint density at radius 3 is 2.69 bits per heavy atom. The summed E-state index contributed by atoms with van der Waals surface area (Å²) < 4.78 is 13.5. The third-order valence-electron chi connectivity index (χ3n) is 2.06. The van der Waals surface area contributed by atoms with Gasteiger partial charge in [0.15, 0.2) is 5.82 Å². The van der Waals surface area contributed by atoms with E-state index in [9.17, 15) is 9.18 Å². The lowest BCUT2D eigenvalue weighted by Gasteiger charge is -2.03. The highest BCUT2D eigenvalue weighted by Gasteiger charge is 2.14. The first kappa shape index (κ1) is 11.1. The molecule has 3 nitrogen and oxygen atoms in total. The van der Waals surface area contributed by atoms with E-state index < -0.39 is 11.8 Å². The molecule has 1 aromatic carbocycles. The molecule has 0 saturated carbocycles. The fourth-order valence-electron chi connectivity index (χ4n) is 1.31. The number of hydrogen-bond donors (Lipinski definition) is 1. The molecular weight excluding hydrogens is 256 g/mol. The minimum Gasteiger partial charge on any atom is -0.478 e. The highest BCUT2D eigenvalue weighted by molar-refractivity contribution is 6.33. The first-order valence-electron chi connectivity index (χ1n) is 4.18. The first-order valence-corrected chi connectivity index (χ1v) is 4.94. The zero-order valence-corrected chi connectivity index (χ0v) is 9.18. The molecule has 1 heterocycles. The second-order valence-electron chi connectivity index (χ2n) is 3.06. The van der Waals surface area contributed by atoms with Gasteiger partial charge in [-0.25, -0.2) is 14.2 Å². The van der Waals surface area contributed by atoms with Crippen LogP contribution in [0.4, 0.5) is 4.39 Å². The van der Waals surface area contributed by atoms with E-state index in [2.05, 4.69) is 4.98 Å². The minimum absolute atomic E-state index is 0.0394. The van der Waals surface area contributed by atoms with Gasteiger partial charge in [-0.2, -0.15) is 0 Å². The number of benzene rings is 1. The molecule has 0 radical (unpaired) electrons. The summed E-state index contributed by atoms with van der Waals surface area (Å²) in [7, 11) is 0. The number of halogens is 3. The van der Waals surface area contributed by atoms with Gasteiger partial charge in [-0.05, 0) is 12.1 Å². The molecular formula is C10H4Cl2FNO2. The zero-order valence-electron chi connectivity index (χ0n) is 7.67. The van der Waals surface area contributed by atoms with Crippen LogP contribution >= 0.6 is 23.2 Å². The topological polar surface area (TPSA) is 50.2 Å². The van der Waals surface area contributed by atoms with Crippen LogP contribution in [-0.2, 0) is 0 Å². The molecule has 0 saturated heterocycles. The monoisotopic (exact) mass is 259 g/mol. The van der Waals surface area contributed by atoms with Gasteiger partial charge in [0.1, 0.15) is 10.7 Å². The highest BCUT2D eigenvalue weighted by Crippen LogP contribution is 2.26. The fraction of sp³-hybridized carbons (Fsp3) is 0. The van der Waals surface area contributed by atoms with Crippen LogP contribution in [-0.4, -0.2) is 16.1 Å². The molecule has 6 heteroatoms. The minimum atomic E-state index is -1.21. The number of fused-ring (bicyclic) bond motifs is 1. The summed E-state index contributed by atoms with van der Waals surface area (Å²) in [4.78, 5) is 14.5. The predicted molar refractivity (Wildman–Crippen MR) is 58.7 cm³/mol. The third kappa shape index (κ3) is 1.70. The lowest BCUT2D eigenvalue weighted by molar-refractivity contribution is 0.0697. The largest absolute Gasteiger partial charge is 0.478 e. The number of rotatable bonds is 1. The van der Waals surface area contributed by atoms with E-state index in [1.807, 2.05) is 0 Å². The summed E-state index contributed by atoms with van der Waals surface area (Å²) in [5.74, 6) is -1.92. The van der Waals surface area contributed by atoms with Gasteiger partial charge in [0.2, 0.25) is 0 Å². The van der Waals surface area contributed by atoms with Crippen LogP contribution < -0.4 is 0 Å². The van der Waals surface area contributed by atoms with E-state index in [1.54, 1.807) is 0 Å². The standard InChI is InChI=1S/C10H4Cl2FNO2/c11-6-2-1-4-3-5(10(15)16)9(12)14-8(4)7(6)13/h1-3H,(H,15,16). The number of hydrogen-bond acceptors (Lipinski definition) is 2. The van der Waals surface area contributed by atoms with Crippen molar-refractivity contribution in [3.63, 3.8) is 0 Å². The van der Waals surface area contributed by atoms with Crippen LogP contribution in [0.1, 0.15) is 10.4 Å². The summed E-state index contributed by atoms with van der Waals surface area (Å²) in [6.07, 6.45) is 0. The number of aromatic carboxylic acids is 1. The van der Waals surface area contributed by atoms with E-state index in [-0.39, 0.29) is 21.3 Å². The third-order valence-corrected chi connectivity index (χ3v) is 2.64. The van der Waals surface area contributed by atoms with E-state index in [0.717, 1.165) is 0 Å². The molecule has 0 unspecified atom stereocenters. The maximum absolute atomic E-state index is 13.5. The van der Waals surface area contributed by atoms with Crippen molar-refractivity contribution in [1.29, 1.82) is 0 Å². The summed E-state index contributed by atoms with van der Waals surface area (Å²) in [5, 5.41) is 8.79. The van der Waals surface area contributed by atoms with Gasteiger partial charge in [0.05, 0.1) is 10.6 Å². The van der Waals surface area contributed by atoms with Crippen molar-refractivity contribution in [2.45, 2.75) is 0 Å². The van der Waals surface area contributed by atoms with Crippen molar-refractivity contribution in [2.24, 2.45) is 0 Å². The van der Waals surface area contributed by atoms with Gasteiger partial charge in [-0.3, -0.25) is 0 Å². The Hall–Kier alpha value is -1.39. The average molecular weight is 260 g/mol. The molecule has 82 valence electrons. The number of carboxylic acids is 1. The van der Waals surface area contributed by atoms with Crippen molar-refractivity contribution in [2.75, 3.05) is 0 Å². The Morgan fingerprint density at radius 1 is 1.38 bits per heavy atom. The Balaban J connectivity index is 2.84. The zero-order chi connectivity index (χ0) is 11.9. The normalized spacial score (nSPS) is 10.7. The Kier molecular flexibility index (Phi) is 2.69. The van der Waals surface area contributed by atoms with E-state index in [1.165, 1.54) is 18.2 Å². The van der Waals surface area contributed by atoms with Gasteiger partial charge < -0.3 is 5.11 Å². The predicted octanol–water partition coefficient (Wildman–Crippen LogP) is 3.38. The van der Waals surface area contributed by atoms with Gasteiger partial charge in [0.25, 0.3) is 0 Å². The summed E-state index contributed by atoms with van der Waals surface area (Å²) in [5.41, 5.74) is -0.210. The SMILES string of the molecule is O=C(O)c1cc2ccc(Cl)c(F)c2nc1Cl. The molecule has 2 rings (SSSR count). The molecule has 0 aliphatic heterocycles. The number of aromatic nitrogens is 1. The number of nitrogens with zero attached hydrogens (tertiary/aromatic N) is 1. The van der Waals surface area contributed by atoms with Crippen molar-refractivity contribution in [3.05, 3.63) is 39.8 Å². The number of pyridine rings is 1. The summed E-state index contributed by atoms with van der Waals surface area (Å²) in [6, 6.07) is 4.07. The molecule has 2 aromatic rings. The quantitative estimate of drug-likeness (QED) is 0.799. The Labute approximate surface area is 99.4 Å². The lowest BCUT2D eigenvalue weighted by atomic mass is 10.1. The maximum Gasteiger partial charge on any atom is 0.338 e. The molecule has 0 bridgehead atoms. The molecule has 0 aliphatic rings. The van der Waals surface area contributed by atoms with Gasteiger partial charge in [-0.1, -0.05) is 29.3 Å². The molecule has 16 heavy (non-hydrogen) atoms. The fourth-order valence-corrected chi connectivity index (χ4v) is 1.68. The van der Waals surface area contributed by atoms with E-state index in [0.29, 0.717) is 5.39 Å². The summed E-state index contributed by atoms with van der Waals surface area (Å²) >= 11 is 11.2. The average Bonchev–Trinajstić information content (AvgIpc) is 2.23. The van der Waals surface area contributed by atoms with Crippen LogP contribution in [0.2, 0.25) is 10.2 Å². The molecule has 0 aliphatic carbocycles. The Morgan fingerprint density at radius 2 is 2.06 bits per heavy atom. The highest BCUT2D eigenvalue weighted by atomic mass is 35.5. The Bertz CT molecular complexity index is 601. The van der Waals surface area contributed by atoms with Crippen molar-refractivity contribution in [1.82, 2.24) is 4.98 Å². The van der Waals surface area contributed by atoms with Crippen LogP contribution in [0.5, 0.6) is 0 Å². The van der Waals surface area contributed by atoms with E-state index >= 15 is 0 Å². The first-order chi connectivity index (χ1) is 7.50. The van der Waals surface area contributed by atoms with Crippen LogP contribution in [0.3, 0.4) is 0 Å². The van der Waals surface area contributed by atoms with Gasteiger partial charge in [0, 0.05) is 5.39 Å². The lowest BCUT2D eigenvalue weighted by Crippen LogP contribution is -2.00. The number of carbonyl (C=O) groups is 1. The summed E-state index contributed by atoms with van der Waals surface area (Å²) in [6.45, 7) is 0. The van der Waals surface area contributed by atoms with Crippen molar-refractivity contribution < 1.29 is 14.3 Å². The molecule has 1 aromatic heterocycles. The van der Waals surface area contributed by atoms with Crippen molar-refractivity contribution >= 4 is 40.1 Å². The van der Waals surface area contributed by atoms with Gasteiger partial charge >= 0.3 is 5.97 Å². The van der Waals surface area contributed by atoms with Crippen molar-refractivity contribution in [3.8, 4) is 0 Å². The molecule has 0 amide bonds. The maximum atomic E-state index is 13.5. The number of carboxylic acid groups (broad SMARTS) is 1. The molecule has 0 fully saturated rings. The molecule has 0 spiro atoms. The van der Waals surface area contributed by atoms with Crippen LogP contribution in [0, 0.1) is 5.82 Å².